The normalized spacial score (nSPS) is 19.5. The van der Waals surface area contributed by atoms with E-state index in [1.54, 1.807) is 11.8 Å². The highest BCUT2D eigenvalue weighted by atomic mass is 35.5. The van der Waals surface area contributed by atoms with Crippen LogP contribution in [-0.2, 0) is 16.1 Å². The third-order valence-corrected chi connectivity index (χ3v) is 7.03. The van der Waals surface area contributed by atoms with Gasteiger partial charge in [-0.2, -0.15) is 0 Å². The molecule has 1 N–H and O–H groups in total. The van der Waals surface area contributed by atoms with Crippen molar-refractivity contribution >= 4 is 24.2 Å². The van der Waals surface area contributed by atoms with Gasteiger partial charge in [0.05, 0.1) is 6.54 Å². The average molecular weight is 524 g/mol. The molecule has 0 bridgehead atoms. The van der Waals surface area contributed by atoms with E-state index in [0.717, 1.165) is 31.1 Å². The second-order valence-corrected chi connectivity index (χ2v) is 11.0. The molecule has 2 amide bonds. The number of para-hydroxylation sites is 1. The monoisotopic (exact) mass is 523 g/mol. The van der Waals surface area contributed by atoms with E-state index in [4.69, 9.17) is 4.74 Å². The summed E-state index contributed by atoms with van der Waals surface area (Å²) in [6.07, 6.45) is 1.82. The van der Waals surface area contributed by atoms with Crippen molar-refractivity contribution in [3.05, 3.63) is 60.2 Å². The van der Waals surface area contributed by atoms with Crippen LogP contribution in [0.4, 0.5) is 0 Å². The summed E-state index contributed by atoms with van der Waals surface area (Å²) >= 11 is 0. The van der Waals surface area contributed by atoms with Gasteiger partial charge in [0.15, 0.2) is 0 Å². The molecule has 4 rings (SSSR count). The number of nitrogens with zero attached hydrogens (tertiary/aromatic N) is 2. The number of hydrogen-bond donors (Lipinski definition) is 1. The van der Waals surface area contributed by atoms with Gasteiger partial charge in [0.1, 0.15) is 23.1 Å². The van der Waals surface area contributed by atoms with E-state index in [2.05, 4.69) is 55.0 Å². The van der Waals surface area contributed by atoms with Crippen LogP contribution in [0.25, 0.3) is 0 Å². The Hall–Kier alpha value is -3.01. The molecule has 0 unspecified atom stereocenters. The maximum absolute atomic E-state index is 13.5. The van der Waals surface area contributed by atoms with Gasteiger partial charge in [-0.15, -0.1) is 18.3 Å². The van der Waals surface area contributed by atoms with Crippen LogP contribution in [0.15, 0.2) is 54.6 Å². The van der Waals surface area contributed by atoms with Crippen molar-refractivity contribution in [2.45, 2.75) is 65.1 Å². The number of rotatable bonds is 6. The van der Waals surface area contributed by atoms with E-state index >= 15 is 0 Å². The fourth-order valence-electron chi connectivity index (χ4n) is 5.14. The first-order chi connectivity index (χ1) is 17.2. The lowest BCUT2D eigenvalue weighted by molar-refractivity contribution is -0.161. The van der Waals surface area contributed by atoms with E-state index < -0.39 is 11.6 Å². The van der Waals surface area contributed by atoms with E-state index in [1.807, 2.05) is 42.5 Å². The van der Waals surface area contributed by atoms with Gasteiger partial charge < -0.3 is 15.0 Å². The van der Waals surface area contributed by atoms with Crippen LogP contribution in [0.1, 0.15) is 52.5 Å². The van der Waals surface area contributed by atoms with Crippen LogP contribution in [0.5, 0.6) is 11.5 Å². The number of carbonyl (C=O) groups excluding carboxylic acids is 2. The minimum Gasteiger partial charge on any atom is -0.457 e. The van der Waals surface area contributed by atoms with Gasteiger partial charge in [0.2, 0.25) is 11.8 Å². The summed E-state index contributed by atoms with van der Waals surface area (Å²) in [5.41, 5.74) is 0.305. The fraction of sp³-hybridized carbons (Fsp3) is 0.467. The molecule has 37 heavy (non-hydrogen) atoms. The number of carbonyl (C=O) groups is 2. The Morgan fingerprint density at radius 1 is 1.00 bits per heavy atom. The Kier molecular flexibility index (Phi) is 9.28. The molecule has 1 atom stereocenters. The molecule has 2 aliphatic heterocycles. The standard InChI is InChI=1S/C30H37N3O3.ClH/c1-5-6-18-33-27(34)26(21-29(2,3)4)31-28(35)30(33)16-19-32(20-17-30)22-23-12-14-25(15-13-23)36-24-10-8-7-9-11-24;/h7-15,26H,16-22H2,1-4H3,(H,31,35);1H/t26-;/m1./s1. The number of piperidine rings is 1. The predicted molar refractivity (Wildman–Crippen MR) is 149 cm³/mol. The summed E-state index contributed by atoms with van der Waals surface area (Å²) in [5, 5.41) is 3.07. The van der Waals surface area contributed by atoms with Gasteiger partial charge in [-0.25, -0.2) is 0 Å². The van der Waals surface area contributed by atoms with Crippen molar-refractivity contribution in [1.29, 1.82) is 0 Å². The second-order valence-electron chi connectivity index (χ2n) is 11.0. The smallest absolute Gasteiger partial charge is 0.246 e. The fourth-order valence-corrected chi connectivity index (χ4v) is 5.14. The Bertz CT molecular complexity index is 1120. The summed E-state index contributed by atoms with van der Waals surface area (Å²) in [5.74, 6) is 7.53. The molecule has 2 aliphatic rings. The highest BCUT2D eigenvalue weighted by Crippen LogP contribution is 2.35. The number of likely N-dealkylation sites (tertiary alicyclic amines) is 1. The predicted octanol–water partition coefficient (Wildman–Crippen LogP) is 5.02. The molecule has 0 aromatic heterocycles. The summed E-state index contributed by atoms with van der Waals surface area (Å²) < 4.78 is 5.90. The van der Waals surface area contributed by atoms with Crippen LogP contribution in [0.2, 0.25) is 0 Å². The number of hydrogen-bond acceptors (Lipinski definition) is 4. The van der Waals surface area contributed by atoms with Gasteiger partial charge in [-0.05, 0) is 61.4 Å². The van der Waals surface area contributed by atoms with E-state index in [9.17, 15) is 9.59 Å². The lowest BCUT2D eigenvalue weighted by Gasteiger charge is -2.51. The van der Waals surface area contributed by atoms with E-state index in [-0.39, 0.29) is 29.6 Å². The van der Waals surface area contributed by atoms with Gasteiger partial charge in [0, 0.05) is 19.6 Å². The molecule has 6 nitrogen and oxygen atoms in total. The average Bonchev–Trinajstić information content (AvgIpc) is 2.85. The lowest BCUT2D eigenvalue weighted by Crippen LogP contribution is -2.73. The lowest BCUT2D eigenvalue weighted by atomic mass is 9.79. The highest BCUT2D eigenvalue weighted by molar-refractivity contribution is 6.00. The van der Waals surface area contributed by atoms with Gasteiger partial charge in [-0.3, -0.25) is 14.5 Å². The zero-order chi connectivity index (χ0) is 25.8. The van der Waals surface area contributed by atoms with E-state index in [0.29, 0.717) is 25.8 Å². The molecule has 2 aromatic carbocycles. The number of amides is 2. The molecular formula is C30H38ClN3O3. The number of piperazine rings is 1. The molecular weight excluding hydrogens is 486 g/mol. The van der Waals surface area contributed by atoms with Crippen molar-refractivity contribution in [1.82, 2.24) is 15.1 Å². The van der Waals surface area contributed by atoms with Crippen molar-refractivity contribution < 1.29 is 14.3 Å². The van der Waals surface area contributed by atoms with Crippen LogP contribution in [0, 0.1) is 17.3 Å². The van der Waals surface area contributed by atoms with Crippen LogP contribution >= 0.6 is 12.4 Å². The largest absolute Gasteiger partial charge is 0.457 e. The molecule has 2 saturated heterocycles. The third kappa shape index (κ3) is 6.85. The first kappa shape index (κ1) is 28.6. The number of halogens is 1. The van der Waals surface area contributed by atoms with Gasteiger partial charge >= 0.3 is 0 Å². The topological polar surface area (TPSA) is 61.9 Å². The molecule has 0 aliphatic carbocycles. The van der Waals surface area contributed by atoms with Crippen LogP contribution in [-0.4, -0.2) is 52.8 Å². The first-order valence-electron chi connectivity index (χ1n) is 12.8. The molecule has 0 saturated carbocycles. The van der Waals surface area contributed by atoms with Crippen molar-refractivity contribution in [2.24, 2.45) is 5.41 Å². The SMILES string of the molecule is CC#CCN1C(=O)[C@@H](CC(C)(C)C)NC(=O)C12CCN(Cc1ccc(Oc3ccccc3)cc1)CC2.Cl. The number of nitrogens with one attached hydrogen (secondary N) is 1. The molecule has 2 heterocycles. The van der Waals surface area contributed by atoms with Crippen molar-refractivity contribution in [2.75, 3.05) is 19.6 Å². The quantitative estimate of drug-likeness (QED) is 0.540. The van der Waals surface area contributed by atoms with Crippen molar-refractivity contribution in [3.8, 4) is 23.3 Å². The third-order valence-electron chi connectivity index (χ3n) is 7.03. The summed E-state index contributed by atoms with van der Waals surface area (Å²) in [6, 6.07) is 17.4. The number of benzene rings is 2. The minimum atomic E-state index is -0.820. The molecule has 7 heteroatoms. The Balaban J connectivity index is 0.00000380. The van der Waals surface area contributed by atoms with Gasteiger partial charge in [-0.1, -0.05) is 57.0 Å². The highest BCUT2D eigenvalue weighted by Gasteiger charge is 2.53. The second kappa shape index (κ2) is 12.0. The zero-order valence-electron chi connectivity index (χ0n) is 22.3. The zero-order valence-corrected chi connectivity index (χ0v) is 23.1. The van der Waals surface area contributed by atoms with Gasteiger partial charge in [0.25, 0.3) is 0 Å². The summed E-state index contributed by atoms with van der Waals surface area (Å²) in [6.45, 7) is 10.6. The first-order valence-corrected chi connectivity index (χ1v) is 12.8. The number of ether oxygens (including phenoxy) is 1. The summed E-state index contributed by atoms with van der Waals surface area (Å²) in [7, 11) is 0. The molecule has 2 fully saturated rings. The van der Waals surface area contributed by atoms with Crippen molar-refractivity contribution in [3.63, 3.8) is 0 Å². The van der Waals surface area contributed by atoms with Crippen LogP contribution in [0.3, 0.4) is 0 Å². The summed E-state index contributed by atoms with van der Waals surface area (Å²) in [4.78, 5) is 31.1. The maximum Gasteiger partial charge on any atom is 0.246 e. The Morgan fingerprint density at radius 2 is 1.62 bits per heavy atom. The Morgan fingerprint density at radius 3 is 2.22 bits per heavy atom. The maximum atomic E-state index is 13.5. The molecule has 0 radical (unpaired) electrons. The van der Waals surface area contributed by atoms with Crippen LogP contribution < -0.4 is 10.1 Å². The minimum absolute atomic E-state index is 0. The molecule has 2 aromatic rings. The molecule has 198 valence electrons. The Labute approximate surface area is 227 Å². The molecule has 1 spiro atoms. The van der Waals surface area contributed by atoms with E-state index in [1.165, 1.54) is 5.56 Å².